The molecule has 22 heavy (non-hydrogen) atoms. The van der Waals surface area contributed by atoms with E-state index in [4.69, 9.17) is 4.52 Å². The monoisotopic (exact) mass is 293 g/mol. The summed E-state index contributed by atoms with van der Waals surface area (Å²) in [6.45, 7) is 3.41. The molecule has 1 aromatic heterocycles. The van der Waals surface area contributed by atoms with Gasteiger partial charge in [0.15, 0.2) is 0 Å². The maximum absolute atomic E-state index is 11.2. The van der Waals surface area contributed by atoms with E-state index in [9.17, 15) is 4.79 Å². The van der Waals surface area contributed by atoms with Crippen LogP contribution in [0.5, 0.6) is 0 Å². The molecule has 0 unspecified atom stereocenters. The summed E-state index contributed by atoms with van der Waals surface area (Å²) in [5, 5.41) is 6.80. The Kier molecular flexibility index (Phi) is 3.70. The van der Waals surface area contributed by atoms with Crippen molar-refractivity contribution < 1.29 is 9.32 Å². The lowest BCUT2D eigenvalue weighted by atomic mass is 10.1. The molecule has 1 amide bonds. The van der Waals surface area contributed by atoms with Gasteiger partial charge in [0.2, 0.25) is 11.7 Å². The molecule has 0 saturated carbocycles. The fraction of sp³-hybridized carbons (Fsp3) is 0.118. The number of carbonyl (C=O) groups excluding carboxylic acids is 1. The van der Waals surface area contributed by atoms with Crippen molar-refractivity contribution in [2.45, 2.75) is 13.8 Å². The van der Waals surface area contributed by atoms with Crippen LogP contribution in [0.1, 0.15) is 12.5 Å². The molecule has 0 aliphatic heterocycles. The van der Waals surface area contributed by atoms with Gasteiger partial charge in [0.05, 0.1) is 0 Å². The Balaban J connectivity index is 1.95. The van der Waals surface area contributed by atoms with Crippen molar-refractivity contribution in [3.05, 3.63) is 54.1 Å². The van der Waals surface area contributed by atoms with E-state index < -0.39 is 0 Å². The minimum atomic E-state index is -0.115. The van der Waals surface area contributed by atoms with E-state index in [-0.39, 0.29) is 5.91 Å². The number of nitrogens with one attached hydrogen (secondary N) is 1. The molecule has 0 aliphatic carbocycles. The predicted octanol–water partition coefficient (Wildman–Crippen LogP) is 3.67. The van der Waals surface area contributed by atoms with E-state index >= 15 is 0 Å². The number of nitrogens with zero attached hydrogens (tertiary/aromatic N) is 2. The van der Waals surface area contributed by atoms with Gasteiger partial charge in [-0.1, -0.05) is 41.6 Å². The quantitative estimate of drug-likeness (QED) is 0.800. The van der Waals surface area contributed by atoms with Crippen molar-refractivity contribution in [1.82, 2.24) is 10.1 Å². The molecule has 1 N–H and O–H groups in total. The highest BCUT2D eigenvalue weighted by Gasteiger charge is 2.12. The second kappa shape index (κ2) is 5.81. The van der Waals surface area contributed by atoms with Crippen LogP contribution in [0.4, 0.5) is 5.69 Å². The van der Waals surface area contributed by atoms with E-state index in [1.807, 2.05) is 55.5 Å². The number of rotatable bonds is 3. The largest absolute Gasteiger partial charge is 0.334 e. The molecule has 2 aromatic carbocycles. The lowest BCUT2D eigenvalue weighted by molar-refractivity contribution is -0.114. The molecule has 3 aromatic rings. The number of aromatic nitrogens is 2. The van der Waals surface area contributed by atoms with Gasteiger partial charge >= 0.3 is 0 Å². The molecule has 3 rings (SSSR count). The van der Waals surface area contributed by atoms with Crippen LogP contribution in [0, 0.1) is 6.92 Å². The first-order valence-electron chi connectivity index (χ1n) is 6.91. The van der Waals surface area contributed by atoms with Crippen LogP contribution >= 0.6 is 0 Å². The molecule has 0 bridgehead atoms. The fourth-order valence-electron chi connectivity index (χ4n) is 2.12. The molecule has 0 saturated heterocycles. The van der Waals surface area contributed by atoms with Gasteiger partial charge in [-0.15, -0.1) is 0 Å². The minimum absolute atomic E-state index is 0.115. The standard InChI is InChI=1S/C17H15N3O2/c1-11-8-9-14(10-15(11)18-12(2)21)17-19-16(20-22-17)13-6-4-3-5-7-13/h3-10H,1-2H3,(H,18,21). The lowest BCUT2D eigenvalue weighted by Crippen LogP contribution is -2.07. The normalized spacial score (nSPS) is 10.5. The van der Waals surface area contributed by atoms with Crippen LogP contribution in [0.3, 0.4) is 0 Å². The zero-order chi connectivity index (χ0) is 15.5. The third-order valence-corrected chi connectivity index (χ3v) is 3.25. The molecule has 0 aliphatic rings. The smallest absolute Gasteiger partial charge is 0.258 e. The Morgan fingerprint density at radius 3 is 2.59 bits per heavy atom. The van der Waals surface area contributed by atoms with Crippen LogP contribution in [0.2, 0.25) is 0 Å². The van der Waals surface area contributed by atoms with Crippen molar-refractivity contribution in [1.29, 1.82) is 0 Å². The number of aryl methyl sites for hydroxylation is 1. The molecule has 110 valence electrons. The highest BCUT2D eigenvalue weighted by molar-refractivity contribution is 5.90. The van der Waals surface area contributed by atoms with Gasteiger partial charge in [0.25, 0.3) is 5.89 Å². The van der Waals surface area contributed by atoms with Gasteiger partial charge in [-0.25, -0.2) is 0 Å². The summed E-state index contributed by atoms with van der Waals surface area (Å²) < 4.78 is 5.33. The van der Waals surface area contributed by atoms with Gasteiger partial charge in [0.1, 0.15) is 0 Å². The molecule has 0 atom stereocenters. The number of anilines is 1. The minimum Gasteiger partial charge on any atom is -0.334 e. The Hall–Kier alpha value is -2.95. The molecule has 0 radical (unpaired) electrons. The first kappa shape index (κ1) is 14.0. The average molecular weight is 293 g/mol. The Labute approximate surface area is 128 Å². The van der Waals surface area contributed by atoms with Crippen molar-refractivity contribution in [2.24, 2.45) is 0 Å². The van der Waals surface area contributed by atoms with Crippen LogP contribution in [-0.2, 0) is 4.79 Å². The third kappa shape index (κ3) is 2.88. The van der Waals surface area contributed by atoms with E-state index in [1.165, 1.54) is 6.92 Å². The number of hydrogen-bond acceptors (Lipinski definition) is 4. The lowest BCUT2D eigenvalue weighted by Gasteiger charge is -2.07. The van der Waals surface area contributed by atoms with E-state index in [2.05, 4.69) is 15.5 Å². The Morgan fingerprint density at radius 1 is 1.09 bits per heavy atom. The van der Waals surface area contributed by atoms with E-state index in [0.29, 0.717) is 11.7 Å². The van der Waals surface area contributed by atoms with E-state index in [0.717, 1.165) is 22.4 Å². The van der Waals surface area contributed by atoms with Gasteiger partial charge in [0, 0.05) is 23.7 Å². The van der Waals surface area contributed by atoms with Crippen LogP contribution in [-0.4, -0.2) is 16.0 Å². The summed E-state index contributed by atoms with van der Waals surface area (Å²) in [4.78, 5) is 15.6. The topological polar surface area (TPSA) is 68.0 Å². The molecule has 1 heterocycles. The van der Waals surface area contributed by atoms with Gasteiger partial charge in [-0.05, 0) is 24.6 Å². The van der Waals surface area contributed by atoms with Crippen LogP contribution < -0.4 is 5.32 Å². The second-order valence-electron chi connectivity index (χ2n) is 5.00. The predicted molar refractivity (Wildman–Crippen MR) is 84.2 cm³/mol. The molecular formula is C17H15N3O2. The van der Waals surface area contributed by atoms with Crippen molar-refractivity contribution in [3.8, 4) is 22.8 Å². The van der Waals surface area contributed by atoms with E-state index in [1.54, 1.807) is 0 Å². The number of carbonyl (C=O) groups is 1. The van der Waals surface area contributed by atoms with Crippen molar-refractivity contribution >= 4 is 11.6 Å². The fourth-order valence-corrected chi connectivity index (χ4v) is 2.12. The molecule has 0 spiro atoms. The molecule has 5 nitrogen and oxygen atoms in total. The maximum Gasteiger partial charge on any atom is 0.258 e. The Morgan fingerprint density at radius 2 is 1.86 bits per heavy atom. The second-order valence-corrected chi connectivity index (χ2v) is 5.00. The molecule has 5 heteroatoms. The zero-order valence-corrected chi connectivity index (χ0v) is 12.3. The maximum atomic E-state index is 11.2. The summed E-state index contributed by atoms with van der Waals surface area (Å²) in [5.41, 5.74) is 3.38. The summed E-state index contributed by atoms with van der Waals surface area (Å²) in [7, 11) is 0. The van der Waals surface area contributed by atoms with Crippen LogP contribution in [0.25, 0.3) is 22.8 Å². The Bertz CT molecular complexity index is 810. The summed E-state index contributed by atoms with van der Waals surface area (Å²) in [6, 6.07) is 15.3. The van der Waals surface area contributed by atoms with Gasteiger partial charge in [-0.2, -0.15) is 4.98 Å². The van der Waals surface area contributed by atoms with Gasteiger partial charge < -0.3 is 9.84 Å². The number of benzene rings is 2. The summed E-state index contributed by atoms with van der Waals surface area (Å²) in [6.07, 6.45) is 0. The van der Waals surface area contributed by atoms with Crippen molar-refractivity contribution in [3.63, 3.8) is 0 Å². The van der Waals surface area contributed by atoms with Crippen molar-refractivity contribution in [2.75, 3.05) is 5.32 Å². The third-order valence-electron chi connectivity index (χ3n) is 3.25. The van der Waals surface area contributed by atoms with Crippen LogP contribution in [0.15, 0.2) is 53.1 Å². The first-order valence-corrected chi connectivity index (χ1v) is 6.91. The zero-order valence-electron chi connectivity index (χ0n) is 12.3. The average Bonchev–Trinajstić information content (AvgIpc) is 3.00. The summed E-state index contributed by atoms with van der Waals surface area (Å²) in [5.74, 6) is 0.846. The summed E-state index contributed by atoms with van der Waals surface area (Å²) >= 11 is 0. The first-order chi connectivity index (χ1) is 10.6. The molecule has 0 fully saturated rings. The number of hydrogen-bond donors (Lipinski definition) is 1. The highest BCUT2D eigenvalue weighted by Crippen LogP contribution is 2.26. The number of amides is 1. The SMILES string of the molecule is CC(=O)Nc1cc(-c2nc(-c3ccccc3)no2)ccc1C. The van der Waals surface area contributed by atoms with Gasteiger partial charge in [-0.3, -0.25) is 4.79 Å². The molecular weight excluding hydrogens is 278 g/mol. The highest BCUT2D eigenvalue weighted by atomic mass is 16.5.